The molecule has 17 heavy (non-hydrogen) atoms. The minimum absolute atomic E-state index is 0.0688. The first-order chi connectivity index (χ1) is 8.21. The van der Waals surface area contributed by atoms with E-state index in [0.717, 1.165) is 6.42 Å². The first kappa shape index (κ1) is 12.8. The van der Waals surface area contributed by atoms with Gasteiger partial charge in [0.05, 0.1) is 12.7 Å². The SMILES string of the molecule is CC[C@@H]1C(CO)O[C@@H](OC)[C@@H]2OCC(=O)OC12. The van der Waals surface area contributed by atoms with E-state index in [-0.39, 0.29) is 31.2 Å². The smallest absolute Gasteiger partial charge is 0.332 e. The molecule has 0 aromatic heterocycles. The minimum Gasteiger partial charge on any atom is -0.457 e. The predicted molar refractivity (Wildman–Crippen MR) is 56.2 cm³/mol. The van der Waals surface area contributed by atoms with Crippen molar-refractivity contribution in [1.82, 2.24) is 0 Å². The molecular formula is C11H18O6. The number of ether oxygens (including phenoxy) is 4. The standard InChI is InChI=1S/C11H18O6/c1-3-6-7(4-12)16-11(14-2)10-9(6)17-8(13)5-15-10/h6-7,9-12H,3-5H2,1-2H3/t6-,7?,9?,10-,11-/m1/s1. The van der Waals surface area contributed by atoms with Gasteiger partial charge in [0.1, 0.15) is 18.8 Å². The second kappa shape index (κ2) is 5.30. The van der Waals surface area contributed by atoms with Gasteiger partial charge in [-0.1, -0.05) is 6.92 Å². The summed E-state index contributed by atoms with van der Waals surface area (Å²) in [5, 5.41) is 9.30. The zero-order valence-corrected chi connectivity index (χ0v) is 10.00. The zero-order valence-electron chi connectivity index (χ0n) is 10.00. The molecule has 2 unspecified atom stereocenters. The lowest BCUT2D eigenvalue weighted by Crippen LogP contribution is -2.60. The van der Waals surface area contributed by atoms with E-state index < -0.39 is 18.5 Å². The van der Waals surface area contributed by atoms with Gasteiger partial charge in [-0.2, -0.15) is 0 Å². The van der Waals surface area contributed by atoms with Crippen LogP contribution in [0.3, 0.4) is 0 Å². The van der Waals surface area contributed by atoms with Crippen LogP contribution in [0.4, 0.5) is 0 Å². The van der Waals surface area contributed by atoms with Crippen molar-refractivity contribution in [1.29, 1.82) is 0 Å². The molecule has 98 valence electrons. The summed E-state index contributed by atoms with van der Waals surface area (Å²) in [6.07, 6.45) is -1.07. The molecule has 0 aromatic carbocycles. The molecule has 0 aliphatic carbocycles. The predicted octanol–water partition coefficient (Wildman–Crippen LogP) is -0.313. The van der Waals surface area contributed by atoms with Crippen LogP contribution < -0.4 is 0 Å². The molecular weight excluding hydrogens is 228 g/mol. The molecule has 0 bridgehead atoms. The van der Waals surface area contributed by atoms with Gasteiger partial charge in [0.2, 0.25) is 0 Å². The van der Waals surface area contributed by atoms with Crippen molar-refractivity contribution < 1.29 is 28.8 Å². The zero-order chi connectivity index (χ0) is 12.4. The van der Waals surface area contributed by atoms with Crippen LogP contribution in [0.1, 0.15) is 13.3 Å². The number of esters is 1. The molecule has 0 amide bonds. The van der Waals surface area contributed by atoms with E-state index in [4.69, 9.17) is 18.9 Å². The maximum atomic E-state index is 11.3. The van der Waals surface area contributed by atoms with Crippen LogP contribution in [0.2, 0.25) is 0 Å². The summed E-state index contributed by atoms with van der Waals surface area (Å²) in [4.78, 5) is 11.3. The van der Waals surface area contributed by atoms with Crippen LogP contribution in [0.25, 0.3) is 0 Å². The van der Waals surface area contributed by atoms with Crippen molar-refractivity contribution in [3.63, 3.8) is 0 Å². The van der Waals surface area contributed by atoms with E-state index in [1.807, 2.05) is 6.92 Å². The molecule has 1 N–H and O–H groups in total. The van der Waals surface area contributed by atoms with Crippen molar-refractivity contribution in [3.05, 3.63) is 0 Å². The van der Waals surface area contributed by atoms with E-state index >= 15 is 0 Å². The Bertz CT molecular complexity index is 269. The Hall–Kier alpha value is -0.690. The number of aliphatic hydroxyl groups is 1. The lowest BCUT2D eigenvalue weighted by Gasteiger charge is -2.46. The van der Waals surface area contributed by atoms with Gasteiger partial charge in [-0.05, 0) is 6.42 Å². The summed E-state index contributed by atoms with van der Waals surface area (Å²) in [6, 6.07) is 0. The van der Waals surface area contributed by atoms with Gasteiger partial charge in [-0.3, -0.25) is 0 Å². The number of rotatable bonds is 3. The van der Waals surface area contributed by atoms with Crippen LogP contribution >= 0.6 is 0 Å². The molecule has 6 heteroatoms. The summed E-state index contributed by atoms with van der Waals surface area (Å²) >= 11 is 0. The van der Waals surface area contributed by atoms with Crippen molar-refractivity contribution in [2.45, 2.75) is 37.9 Å². The van der Waals surface area contributed by atoms with Crippen LogP contribution in [0, 0.1) is 5.92 Å². The van der Waals surface area contributed by atoms with Crippen molar-refractivity contribution >= 4 is 5.97 Å². The highest BCUT2D eigenvalue weighted by atomic mass is 16.7. The minimum atomic E-state index is -0.604. The Morgan fingerprint density at radius 1 is 1.47 bits per heavy atom. The fourth-order valence-electron chi connectivity index (χ4n) is 2.50. The Kier molecular flexibility index (Phi) is 3.98. The van der Waals surface area contributed by atoms with Crippen LogP contribution in [0.15, 0.2) is 0 Å². The van der Waals surface area contributed by atoms with Gasteiger partial charge in [-0.15, -0.1) is 0 Å². The molecule has 0 aromatic rings. The molecule has 0 spiro atoms. The lowest BCUT2D eigenvalue weighted by atomic mass is 9.86. The third kappa shape index (κ3) is 2.30. The maximum absolute atomic E-state index is 11.3. The topological polar surface area (TPSA) is 74.2 Å². The van der Waals surface area contributed by atoms with Gasteiger partial charge in [0.15, 0.2) is 6.29 Å². The highest BCUT2D eigenvalue weighted by Gasteiger charge is 2.50. The summed E-state index contributed by atoms with van der Waals surface area (Å²) in [5.41, 5.74) is 0. The van der Waals surface area contributed by atoms with Crippen LogP contribution in [-0.2, 0) is 23.7 Å². The third-order valence-electron chi connectivity index (χ3n) is 3.35. The first-order valence-electron chi connectivity index (χ1n) is 5.81. The van der Waals surface area contributed by atoms with Gasteiger partial charge in [0, 0.05) is 13.0 Å². The number of fused-ring (bicyclic) bond motifs is 1. The molecule has 2 aliphatic rings. The van der Waals surface area contributed by atoms with Gasteiger partial charge in [0.25, 0.3) is 0 Å². The lowest BCUT2D eigenvalue weighted by molar-refractivity contribution is -0.308. The molecule has 2 fully saturated rings. The number of hydrogen-bond donors (Lipinski definition) is 1. The molecule has 2 rings (SSSR count). The Morgan fingerprint density at radius 2 is 2.24 bits per heavy atom. The van der Waals surface area contributed by atoms with Crippen LogP contribution in [-0.4, -0.2) is 56.0 Å². The number of aliphatic hydroxyl groups excluding tert-OH is 1. The molecule has 2 aliphatic heterocycles. The second-order valence-corrected chi connectivity index (χ2v) is 4.26. The Balaban J connectivity index is 2.19. The fourth-order valence-corrected chi connectivity index (χ4v) is 2.50. The average molecular weight is 246 g/mol. The molecule has 0 saturated carbocycles. The second-order valence-electron chi connectivity index (χ2n) is 4.26. The number of carbonyl (C=O) groups is 1. The summed E-state index contributed by atoms with van der Waals surface area (Å²) in [7, 11) is 1.50. The monoisotopic (exact) mass is 246 g/mol. The van der Waals surface area contributed by atoms with Gasteiger partial charge in [-0.25, -0.2) is 4.79 Å². The Morgan fingerprint density at radius 3 is 2.82 bits per heavy atom. The average Bonchev–Trinajstić information content (AvgIpc) is 2.36. The number of methoxy groups -OCH3 is 1. The molecule has 0 radical (unpaired) electrons. The molecule has 6 nitrogen and oxygen atoms in total. The van der Waals surface area contributed by atoms with Crippen molar-refractivity contribution in [2.24, 2.45) is 5.92 Å². The van der Waals surface area contributed by atoms with E-state index in [0.29, 0.717) is 0 Å². The van der Waals surface area contributed by atoms with E-state index in [1.165, 1.54) is 7.11 Å². The maximum Gasteiger partial charge on any atom is 0.332 e. The summed E-state index contributed by atoms with van der Waals surface area (Å²) in [6.45, 7) is 1.76. The van der Waals surface area contributed by atoms with E-state index in [2.05, 4.69) is 0 Å². The van der Waals surface area contributed by atoms with Crippen LogP contribution in [0.5, 0.6) is 0 Å². The largest absolute Gasteiger partial charge is 0.457 e. The third-order valence-corrected chi connectivity index (χ3v) is 3.35. The summed E-state index contributed by atoms with van der Waals surface area (Å²) in [5.74, 6) is -0.446. The number of hydrogen-bond acceptors (Lipinski definition) is 6. The van der Waals surface area contributed by atoms with Crippen molar-refractivity contribution in [3.8, 4) is 0 Å². The van der Waals surface area contributed by atoms with Gasteiger partial charge < -0.3 is 24.1 Å². The highest BCUT2D eigenvalue weighted by Crippen LogP contribution is 2.34. The van der Waals surface area contributed by atoms with Gasteiger partial charge >= 0.3 is 5.97 Å². The molecule has 5 atom stereocenters. The Labute approximate surface area is 99.8 Å². The van der Waals surface area contributed by atoms with E-state index in [1.54, 1.807) is 0 Å². The molecule has 2 heterocycles. The molecule has 2 saturated heterocycles. The number of carbonyl (C=O) groups excluding carboxylic acids is 1. The normalized spacial score (nSPS) is 41.8. The quantitative estimate of drug-likeness (QED) is 0.688. The summed E-state index contributed by atoms with van der Waals surface area (Å²) < 4.78 is 21.5. The fraction of sp³-hybridized carbons (Fsp3) is 0.909. The van der Waals surface area contributed by atoms with Crippen molar-refractivity contribution in [2.75, 3.05) is 20.3 Å². The van der Waals surface area contributed by atoms with E-state index in [9.17, 15) is 9.90 Å². The first-order valence-corrected chi connectivity index (χ1v) is 5.81. The highest BCUT2D eigenvalue weighted by molar-refractivity contribution is 5.71.